The van der Waals surface area contributed by atoms with Crippen LogP contribution in [0.1, 0.15) is 29.9 Å². The molecule has 0 bridgehead atoms. The Bertz CT molecular complexity index is 694. The minimum absolute atomic E-state index is 0.0981. The molecule has 2 heterocycles. The molecule has 1 amide bonds. The maximum atomic E-state index is 12.4. The molecule has 0 aliphatic carbocycles. The molecule has 0 unspecified atom stereocenters. The zero-order chi connectivity index (χ0) is 15.7. The number of ether oxygens (including phenoxy) is 1. The third kappa shape index (κ3) is 2.46. The molecule has 1 atom stereocenters. The van der Waals surface area contributed by atoms with Crippen LogP contribution in [0.4, 0.5) is 0 Å². The van der Waals surface area contributed by atoms with Gasteiger partial charge in [-0.05, 0) is 18.1 Å². The molecule has 1 aromatic carbocycles. The lowest BCUT2D eigenvalue weighted by Gasteiger charge is -2.20. The van der Waals surface area contributed by atoms with Gasteiger partial charge >= 0.3 is 0 Å². The summed E-state index contributed by atoms with van der Waals surface area (Å²) in [6, 6.07) is 7.32. The average molecular weight is 301 g/mol. The van der Waals surface area contributed by atoms with E-state index in [4.69, 9.17) is 4.74 Å². The van der Waals surface area contributed by atoms with Crippen LogP contribution in [-0.4, -0.2) is 33.9 Å². The Labute approximate surface area is 128 Å². The fourth-order valence-corrected chi connectivity index (χ4v) is 2.52. The molecule has 1 aliphatic heterocycles. The number of hydrogen-bond donors (Lipinski definition) is 3. The summed E-state index contributed by atoms with van der Waals surface area (Å²) >= 11 is 0. The maximum absolute atomic E-state index is 12.4. The Balaban J connectivity index is 1.90. The van der Waals surface area contributed by atoms with E-state index in [2.05, 4.69) is 15.5 Å². The number of carbonyl (C=O) groups is 1. The Morgan fingerprint density at radius 1 is 1.45 bits per heavy atom. The second-order valence-corrected chi connectivity index (χ2v) is 5.72. The van der Waals surface area contributed by atoms with Gasteiger partial charge in [-0.3, -0.25) is 9.89 Å². The van der Waals surface area contributed by atoms with E-state index in [-0.39, 0.29) is 24.5 Å². The quantitative estimate of drug-likeness (QED) is 0.802. The van der Waals surface area contributed by atoms with Crippen molar-refractivity contribution in [2.75, 3.05) is 6.61 Å². The number of nitrogens with one attached hydrogen (secondary N) is 2. The monoisotopic (exact) mass is 301 g/mol. The van der Waals surface area contributed by atoms with Gasteiger partial charge < -0.3 is 15.2 Å². The Kier molecular flexibility index (Phi) is 3.85. The lowest BCUT2D eigenvalue weighted by atomic mass is 10.0. The molecule has 1 aromatic heterocycles. The molecule has 0 saturated carbocycles. The SMILES string of the molecule is CC(C)[C@@H](CO)NC(=O)c1[nH]nc2c1COc1ccccc1-2. The fourth-order valence-electron chi connectivity index (χ4n) is 2.52. The third-order valence-electron chi connectivity index (χ3n) is 3.93. The number of fused-ring (bicyclic) bond motifs is 3. The standard InChI is InChI=1S/C16H19N3O3/c1-9(2)12(7-20)17-16(21)15-11-8-22-13-6-4-3-5-10(13)14(11)18-19-15/h3-6,9,12,20H,7-8H2,1-2H3,(H,17,21)(H,18,19)/t12-/m1/s1. The van der Waals surface area contributed by atoms with Crippen molar-refractivity contribution in [1.82, 2.24) is 15.5 Å². The predicted octanol–water partition coefficient (Wildman–Crippen LogP) is 1.72. The molecule has 0 spiro atoms. The number of para-hydroxylation sites is 1. The third-order valence-corrected chi connectivity index (χ3v) is 3.93. The van der Waals surface area contributed by atoms with Crippen molar-refractivity contribution < 1.29 is 14.6 Å². The predicted molar refractivity (Wildman–Crippen MR) is 81.5 cm³/mol. The lowest BCUT2D eigenvalue weighted by Crippen LogP contribution is -2.41. The number of H-pyrrole nitrogens is 1. The van der Waals surface area contributed by atoms with Crippen molar-refractivity contribution in [3.63, 3.8) is 0 Å². The van der Waals surface area contributed by atoms with Crippen LogP contribution in [0.15, 0.2) is 24.3 Å². The second kappa shape index (κ2) is 5.81. The number of benzene rings is 1. The number of rotatable bonds is 4. The van der Waals surface area contributed by atoms with E-state index in [0.29, 0.717) is 12.3 Å². The first-order valence-electron chi connectivity index (χ1n) is 7.33. The second-order valence-electron chi connectivity index (χ2n) is 5.72. The molecule has 2 aromatic rings. The summed E-state index contributed by atoms with van der Waals surface area (Å²) < 4.78 is 5.69. The van der Waals surface area contributed by atoms with E-state index in [1.54, 1.807) is 0 Å². The van der Waals surface area contributed by atoms with Crippen LogP contribution in [0.2, 0.25) is 0 Å². The van der Waals surface area contributed by atoms with E-state index >= 15 is 0 Å². The van der Waals surface area contributed by atoms with Gasteiger partial charge in [0.1, 0.15) is 23.7 Å². The molecule has 3 N–H and O–H groups in total. The Morgan fingerprint density at radius 2 is 2.23 bits per heavy atom. The first kappa shape index (κ1) is 14.6. The Morgan fingerprint density at radius 3 is 2.95 bits per heavy atom. The van der Waals surface area contributed by atoms with Crippen LogP contribution in [0.5, 0.6) is 5.75 Å². The Hall–Kier alpha value is -2.34. The molecule has 6 nitrogen and oxygen atoms in total. The number of aromatic amines is 1. The van der Waals surface area contributed by atoms with Crippen LogP contribution in [0.25, 0.3) is 11.3 Å². The molecular formula is C16H19N3O3. The van der Waals surface area contributed by atoms with Gasteiger partial charge in [0.15, 0.2) is 0 Å². The summed E-state index contributed by atoms with van der Waals surface area (Å²) in [6.45, 7) is 4.10. The maximum Gasteiger partial charge on any atom is 0.270 e. The van der Waals surface area contributed by atoms with Crippen LogP contribution >= 0.6 is 0 Å². The summed E-state index contributed by atoms with van der Waals surface area (Å²) in [4.78, 5) is 12.4. The minimum atomic E-state index is -0.289. The van der Waals surface area contributed by atoms with Crippen molar-refractivity contribution in [3.8, 4) is 17.0 Å². The number of nitrogens with zero attached hydrogens (tertiary/aromatic N) is 1. The molecule has 0 fully saturated rings. The zero-order valence-corrected chi connectivity index (χ0v) is 12.6. The van der Waals surface area contributed by atoms with Gasteiger partial charge in [-0.2, -0.15) is 5.10 Å². The number of aromatic nitrogens is 2. The first-order valence-corrected chi connectivity index (χ1v) is 7.33. The molecule has 6 heteroatoms. The smallest absolute Gasteiger partial charge is 0.270 e. The van der Waals surface area contributed by atoms with Gasteiger partial charge in [-0.25, -0.2) is 0 Å². The normalized spacial score (nSPS) is 14.0. The number of aliphatic hydroxyl groups is 1. The van der Waals surface area contributed by atoms with E-state index < -0.39 is 0 Å². The van der Waals surface area contributed by atoms with Gasteiger partial charge in [0, 0.05) is 11.1 Å². The highest BCUT2D eigenvalue weighted by molar-refractivity contribution is 5.96. The van der Waals surface area contributed by atoms with E-state index in [1.807, 2.05) is 38.1 Å². The number of carbonyl (C=O) groups excluding carboxylic acids is 1. The highest BCUT2D eigenvalue weighted by Gasteiger charge is 2.27. The van der Waals surface area contributed by atoms with Gasteiger partial charge in [0.25, 0.3) is 5.91 Å². The number of amides is 1. The molecule has 0 radical (unpaired) electrons. The largest absolute Gasteiger partial charge is 0.488 e. The van der Waals surface area contributed by atoms with Crippen molar-refractivity contribution >= 4 is 5.91 Å². The summed E-state index contributed by atoms with van der Waals surface area (Å²) in [5, 5.41) is 19.2. The van der Waals surface area contributed by atoms with Crippen LogP contribution in [-0.2, 0) is 6.61 Å². The van der Waals surface area contributed by atoms with Crippen molar-refractivity contribution in [1.29, 1.82) is 0 Å². The summed E-state index contributed by atoms with van der Waals surface area (Å²) in [7, 11) is 0. The highest BCUT2D eigenvalue weighted by atomic mass is 16.5. The zero-order valence-electron chi connectivity index (χ0n) is 12.6. The molecule has 116 valence electrons. The number of aliphatic hydroxyl groups excluding tert-OH is 1. The molecule has 3 rings (SSSR count). The molecule has 22 heavy (non-hydrogen) atoms. The average Bonchev–Trinajstić information content (AvgIpc) is 2.96. The van der Waals surface area contributed by atoms with Crippen LogP contribution < -0.4 is 10.1 Å². The molecule has 0 saturated heterocycles. The summed E-state index contributed by atoms with van der Waals surface area (Å²) in [5.41, 5.74) is 2.76. The number of hydrogen-bond acceptors (Lipinski definition) is 4. The molecule has 1 aliphatic rings. The lowest BCUT2D eigenvalue weighted by molar-refractivity contribution is 0.0889. The van der Waals surface area contributed by atoms with Crippen molar-refractivity contribution in [2.24, 2.45) is 5.92 Å². The van der Waals surface area contributed by atoms with Crippen molar-refractivity contribution in [2.45, 2.75) is 26.5 Å². The minimum Gasteiger partial charge on any atom is -0.488 e. The summed E-state index contributed by atoms with van der Waals surface area (Å²) in [5.74, 6) is 0.637. The summed E-state index contributed by atoms with van der Waals surface area (Å²) in [6.07, 6.45) is 0. The van der Waals surface area contributed by atoms with Crippen LogP contribution in [0.3, 0.4) is 0 Å². The van der Waals surface area contributed by atoms with Gasteiger partial charge in [0.05, 0.1) is 12.6 Å². The first-order chi connectivity index (χ1) is 10.6. The van der Waals surface area contributed by atoms with Gasteiger partial charge in [-0.1, -0.05) is 26.0 Å². The van der Waals surface area contributed by atoms with Gasteiger partial charge in [-0.15, -0.1) is 0 Å². The van der Waals surface area contributed by atoms with E-state index in [0.717, 1.165) is 22.6 Å². The van der Waals surface area contributed by atoms with E-state index in [9.17, 15) is 9.90 Å². The van der Waals surface area contributed by atoms with Crippen molar-refractivity contribution in [3.05, 3.63) is 35.5 Å². The highest BCUT2D eigenvalue weighted by Crippen LogP contribution is 2.36. The van der Waals surface area contributed by atoms with Gasteiger partial charge in [0.2, 0.25) is 0 Å². The fraction of sp³-hybridized carbons (Fsp3) is 0.375. The van der Waals surface area contributed by atoms with Crippen LogP contribution in [0, 0.1) is 5.92 Å². The topological polar surface area (TPSA) is 87.2 Å². The molecular weight excluding hydrogens is 282 g/mol. The van der Waals surface area contributed by atoms with E-state index in [1.165, 1.54) is 0 Å².